The third-order valence-corrected chi connectivity index (χ3v) is 3.42. The Kier molecular flexibility index (Phi) is 5.42. The van der Waals surface area contributed by atoms with Gasteiger partial charge in [0.2, 0.25) is 0 Å². The highest BCUT2D eigenvalue weighted by atomic mass is 16.6. The van der Waals surface area contributed by atoms with E-state index in [0.29, 0.717) is 11.3 Å². The van der Waals surface area contributed by atoms with Crippen LogP contribution in [0, 0.1) is 10.1 Å². The molecular weight excluding hydrogens is 330 g/mol. The predicted molar refractivity (Wildman–Crippen MR) is 86.0 cm³/mol. The Labute approximate surface area is 142 Å². The van der Waals surface area contributed by atoms with E-state index >= 15 is 0 Å². The number of aliphatic carboxylic acids is 1. The normalized spacial score (nSPS) is 10.7. The van der Waals surface area contributed by atoms with Crippen molar-refractivity contribution < 1.29 is 19.6 Å². The minimum Gasteiger partial charge on any atom is -0.480 e. The van der Waals surface area contributed by atoms with Gasteiger partial charge in [0, 0.05) is 17.2 Å². The number of nitrogens with one attached hydrogen (secondary N) is 1. The molecular formula is C15H17N5O5. The van der Waals surface area contributed by atoms with Crippen molar-refractivity contribution in [3.05, 3.63) is 51.3 Å². The summed E-state index contributed by atoms with van der Waals surface area (Å²) in [7, 11) is 0. The Hall–Kier alpha value is -3.30. The lowest BCUT2D eigenvalue weighted by molar-refractivity contribution is -0.385. The zero-order valence-corrected chi connectivity index (χ0v) is 13.7. The maximum Gasteiger partial charge on any atom is 0.325 e. The molecule has 132 valence electrons. The zero-order valence-electron chi connectivity index (χ0n) is 13.7. The lowest BCUT2D eigenvalue weighted by atomic mass is 9.99. The van der Waals surface area contributed by atoms with E-state index in [4.69, 9.17) is 5.11 Å². The van der Waals surface area contributed by atoms with Gasteiger partial charge in [-0.25, -0.2) is 4.68 Å². The van der Waals surface area contributed by atoms with E-state index in [1.165, 1.54) is 18.3 Å². The van der Waals surface area contributed by atoms with Crippen LogP contribution < -0.4 is 5.32 Å². The van der Waals surface area contributed by atoms with Gasteiger partial charge in [-0.3, -0.25) is 19.7 Å². The Bertz CT molecular complexity index is 814. The largest absolute Gasteiger partial charge is 0.480 e. The smallest absolute Gasteiger partial charge is 0.325 e. The van der Waals surface area contributed by atoms with Crippen molar-refractivity contribution in [1.82, 2.24) is 20.3 Å². The van der Waals surface area contributed by atoms with E-state index in [1.807, 2.05) is 13.8 Å². The highest BCUT2D eigenvalue weighted by molar-refractivity contribution is 5.94. The standard InChI is InChI=1S/C15H17N5O5/c1-9(2)12-4-3-10(5-13(12)20(24)25)15(23)16-6-11-7-19(18-17-11)8-14(21)22/h3-5,7,9H,6,8H2,1-2H3,(H,16,23)(H,21,22). The first-order chi connectivity index (χ1) is 11.8. The molecule has 0 saturated carbocycles. The molecule has 25 heavy (non-hydrogen) atoms. The molecule has 1 amide bonds. The number of carboxylic acids is 1. The molecule has 10 nitrogen and oxygen atoms in total. The number of hydrogen-bond acceptors (Lipinski definition) is 6. The van der Waals surface area contributed by atoms with Crippen LogP contribution in [0.2, 0.25) is 0 Å². The summed E-state index contributed by atoms with van der Waals surface area (Å²) in [5.74, 6) is -1.59. The summed E-state index contributed by atoms with van der Waals surface area (Å²) in [5, 5.41) is 29.8. The SMILES string of the molecule is CC(C)c1ccc(C(=O)NCc2cn(CC(=O)O)nn2)cc1[N+](=O)[O-]. The van der Waals surface area contributed by atoms with Gasteiger partial charge in [-0.05, 0) is 12.0 Å². The van der Waals surface area contributed by atoms with Gasteiger partial charge in [-0.15, -0.1) is 5.10 Å². The van der Waals surface area contributed by atoms with Crippen molar-refractivity contribution >= 4 is 17.6 Å². The van der Waals surface area contributed by atoms with Crippen LogP contribution in [0.5, 0.6) is 0 Å². The maximum absolute atomic E-state index is 12.2. The summed E-state index contributed by atoms with van der Waals surface area (Å²) in [6, 6.07) is 4.34. The molecule has 0 unspecified atom stereocenters. The number of nitro groups is 1. The molecule has 0 radical (unpaired) electrons. The van der Waals surface area contributed by atoms with Gasteiger partial charge in [0.25, 0.3) is 11.6 Å². The predicted octanol–water partition coefficient (Wildman–Crippen LogP) is 1.32. The average molecular weight is 347 g/mol. The minimum absolute atomic E-state index is 0.0260. The number of benzene rings is 1. The molecule has 0 aliphatic rings. The second kappa shape index (κ2) is 7.51. The van der Waals surface area contributed by atoms with Crippen molar-refractivity contribution in [3.63, 3.8) is 0 Å². The Morgan fingerprint density at radius 3 is 2.72 bits per heavy atom. The van der Waals surface area contributed by atoms with E-state index in [2.05, 4.69) is 15.6 Å². The number of rotatable bonds is 7. The summed E-state index contributed by atoms with van der Waals surface area (Å²) < 4.78 is 1.13. The van der Waals surface area contributed by atoms with Gasteiger partial charge in [0.15, 0.2) is 0 Å². The van der Waals surface area contributed by atoms with Crippen LogP contribution in [0.3, 0.4) is 0 Å². The molecule has 2 aromatic rings. The molecule has 0 aliphatic heterocycles. The number of carboxylic acid groups (broad SMARTS) is 1. The van der Waals surface area contributed by atoms with E-state index in [9.17, 15) is 19.7 Å². The molecule has 2 rings (SSSR count). The number of carbonyl (C=O) groups is 2. The number of carbonyl (C=O) groups excluding carboxylic acids is 1. The fraction of sp³-hybridized carbons (Fsp3) is 0.333. The van der Waals surface area contributed by atoms with Crippen molar-refractivity contribution in [1.29, 1.82) is 0 Å². The van der Waals surface area contributed by atoms with Gasteiger partial charge in [-0.2, -0.15) is 0 Å². The van der Waals surface area contributed by atoms with Crippen molar-refractivity contribution in [3.8, 4) is 0 Å². The zero-order chi connectivity index (χ0) is 18.6. The Balaban J connectivity index is 2.08. The van der Waals surface area contributed by atoms with Crippen LogP contribution in [0.25, 0.3) is 0 Å². The highest BCUT2D eigenvalue weighted by Crippen LogP contribution is 2.27. The fourth-order valence-electron chi connectivity index (χ4n) is 2.24. The topological polar surface area (TPSA) is 140 Å². The number of hydrogen-bond donors (Lipinski definition) is 2. The first-order valence-electron chi connectivity index (χ1n) is 7.45. The molecule has 0 spiro atoms. The van der Waals surface area contributed by atoms with Crippen LogP contribution >= 0.6 is 0 Å². The third-order valence-electron chi connectivity index (χ3n) is 3.42. The number of amides is 1. The van der Waals surface area contributed by atoms with Crippen LogP contribution in [-0.2, 0) is 17.9 Å². The summed E-state index contributed by atoms with van der Waals surface area (Å²) in [6.07, 6.45) is 1.40. The first-order valence-corrected chi connectivity index (χ1v) is 7.45. The molecule has 0 atom stereocenters. The van der Waals surface area contributed by atoms with Crippen molar-refractivity contribution in [2.75, 3.05) is 0 Å². The molecule has 0 bridgehead atoms. The number of aromatic nitrogens is 3. The molecule has 2 N–H and O–H groups in total. The van der Waals surface area contributed by atoms with Gasteiger partial charge in [-0.1, -0.05) is 25.1 Å². The van der Waals surface area contributed by atoms with E-state index in [1.54, 1.807) is 6.07 Å². The lowest BCUT2D eigenvalue weighted by Gasteiger charge is -2.08. The molecule has 0 aliphatic carbocycles. The van der Waals surface area contributed by atoms with Gasteiger partial charge in [0.05, 0.1) is 17.7 Å². The third kappa shape index (κ3) is 4.59. The summed E-state index contributed by atoms with van der Waals surface area (Å²) in [4.78, 5) is 33.4. The minimum atomic E-state index is -1.06. The summed E-state index contributed by atoms with van der Waals surface area (Å²) in [5.41, 5.74) is 0.991. The molecule has 0 fully saturated rings. The van der Waals surface area contributed by atoms with Gasteiger partial charge < -0.3 is 10.4 Å². The van der Waals surface area contributed by atoms with E-state index in [-0.39, 0.29) is 30.3 Å². The quantitative estimate of drug-likeness (QED) is 0.568. The Morgan fingerprint density at radius 1 is 1.40 bits per heavy atom. The monoisotopic (exact) mass is 347 g/mol. The number of nitro benzene ring substituents is 1. The molecule has 1 heterocycles. The average Bonchev–Trinajstić information content (AvgIpc) is 2.98. The molecule has 1 aromatic carbocycles. The number of nitrogens with zero attached hydrogens (tertiary/aromatic N) is 4. The van der Waals surface area contributed by atoms with Gasteiger partial charge >= 0.3 is 5.97 Å². The molecule has 0 saturated heterocycles. The highest BCUT2D eigenvalue weighted by Gasteiger charge is 2.19. The van der Waals surface area contributed by atoms with Crippen LogP contribution in [0.15, 0.2) is 24.4 Å². The molecule has 10 heteroatoms. The second-order valence-corrected chi connectivity index (χ2v) is 5.67. The van der Waals surface area contributed by atoms with E-state index in [0.717, 1.165) is 4.68 Å². The van der Waals surface area contributed by atoms with Crippen LogP contribution in [0.1, 0.15) is 41.4 Å². The lowest BCUT2D eigenvalue weighted by Crippen LogP contribution is -2.23. The Morgan fingerprint density at radius 2 is 2.12 bits per heavy atom. The van der Waals surface area contributed by atoms with Crippen LogP contribution in [-0.4, -0.2) is 36.9 Å². The van der Waals surface area contributed by atoms with Crippen molar-refractivity contribution in [2.45, 2.75) is 32.9 Å². The van der Waals surface area contributed by atoms with Gasteiger partial charge in [0.1, 0.15) is 12.2 Å². The molecule has 1 aromatic heterocycles. The maximum atomic E-state index is 12.2. The fourth-order valence-corrected chi connectivity index (χ4v) is 2.24. The second-order valence-electron chi connectivity index (χ2n) is 5.67. The van der Waals surface area contributed by atoms with Crippen LogP contribution in [0.4, 0.5) is 5.69 Å². The summed E-state index contributed by atoms with van der Waals surface area (Å²) >= 11 is 0. The van der Waals surface area contributed by atoms with E-state index < -0.39 is 16.8 Å². The summed E-state index contributed by atoms with van der Waals surface area (Å²) in [6.45, 7) is 3.37. The first kappa shape index (κ1) is 18.0. The van der Waals surface area contributed by atoms with Crippen molar-refractivity contribution in [2.24, 2.45) is 0 Å².